The number of anilines is 1. The Balaban J connectivity index is 2.46. The summed E-state index contributed by atoms with van der Waals surface area (Å²) in [6.45, 7) is 1.89. The predicted octanol–water partition coefficient (Wildman–Crippen LogP) is 1.45. The zero-order valence-corrected chi connectivity index (χ0v) is 8.96. The zero-order valence-electron chi connectivity index (χ0n) is 8.96. The summed E-state index contributed by atoms with van der Waals surface area (Å²) in [6.07, 6.45) is 2.44. The third kappa shape index (κ3) is 1.87. The molecule has 3 N–H and O–H groups in total. The van der Waals surface area contributed by atoms with Crippen molar-refractivity contribution in [1.29, 1.82) is 0 Å². The van der Waals surface area contributed by atoms with E-state index in [0.717, 1.165) is 5.56 Å². The quantitative estimate of drug-likeness (QED) is 0.795. The second-order valence-electron chi connectivity index (χ2n) is 3.58. The van der Waals surface area contributed by atoms with E-state index in [1.54, 1.807) is 24.5 Å². The van der Waals surface area contributed by atoms with Crippen LogP contribution in [0, 0.1) is 6.92 Å². The first-order valence-corrected chi connectivity index (χ1v) is 5.00. The van der Waals surface area contributed by atoms with E-state index in [9.17, 15) is 5.11 Å². The van der Waals surface area contributed by atoms with Crippen LogP contribution in [0.1, 0.15) is 22.9 Å². The molecule has 4 heteroatoms. The minimum Gasteiger partial charge on any atom is -0.383 e. The van der Waals surface area contributed by atoms with Crippen molar-refractivity contribution in [3.05, 3.63) is 53.5 Å². The summed E-state index contributed by atoms with van der Waals surface area (Å²) in [7, 11) is 0. The first kappa shape index (κ1) is 10.6. The summed E-state index contributed by atoms with van der Waals surface area (Å²) in [5.41, 5.74) is 7.87. The van der Waals surface area contributed by atoms with Crippen LogP contribution in [-0.4, -0.2) is 15.1 Å². The number of aliphatic hydroxyl groups is 1. The lowest BCUT2D eigenvalue weighted by Crippen LogP contribution is -2.08. The molecule has 16 heavy (non-hydrogen) atoms. The van der Waals surface area contributed by atoms with Crippen molar-refractivity contribution in [3.63, 3.8) is 0 Å². The number of rotatable bonds is 2. The first-order chi connectivity index (χ1) is 7.70. The average molecular weight is 215 g/mol. The lowest BCUT2D eigenvalue weighted by Gasteiger charge is -2.14. The third-order valence-electron chi connectivity index (χ3n) is 2.48. The zero-order chi connectivity index (χ0) is 11.5. The molecule has 0 aliphatic heterocycles. The summed E-state index contributed by atoms with van der Waals surface area (Å²) in [6, 6.07) is 7.21. The Bertz CT molecular complexity index is 465. The van der Waals surface area contributed by atoms with E-state index in [2.05, 4.69) is 9.97 Å². The van der Waals surface area contributed by atoms with E-state index < -0.39 is 6.10 Å². The molecule has 0 radical (unpaired) electrons. The topological polar surface area (TPSA) is 72.0 Å². The molecule has 0 fully saturated rings. The molecule has 4 nitrogen and oxygen atoms in total. The molecule has 1 atom stereocenters. The molecule has 2 heterocycles. The molecule has 1 unspecified atom stereocenters. The highest BCUT2D eigenvalue weighted by atomic mass is 16.3. The van der Waals surface area contributed by atoms with Crippen molar-refractivity contribution in [2.24, 2.45) is 0 Å². The molecule has 0 aliphatic carbocycles. The number of nitrogens with zero attached hydrogens (tertiary/aromatic N) is 2. The smallest absolute Gasteiger partial charge is 0.129 e. The Hall–Kier alpha value is -1.94. The largest absolute Gasteiger partial charge is 0.383 e. The van der Waals surface area contributed by atoms with E-state index in [1.807, 2.05) is 19.1 Å². The van der Waals surface area contributed by atoms with Gasteiger partial charge in [-0.3, -0.25) is 4.98 Å². The predicted molar refractivity (Wildman–Crippen MR) is 61.7 cm³/mol. The number of aliphatic hydroxyl groups excluding tert-OH is 1. The maximum absolute atomic E-state index is 10.2. The second kappa shape index (κ2) is 4.28. The van der Waals surface area contributed by atoms with Crippen LogP contribution >= 0.6 is 0 Å². The Kier molecular flexibility index (Phi) is 2.83. The molecule has 0 amide bonds. The van der Waals surface area contributed by atoms with Gasteiger partial charge in [0.1, 0.15) is 11.9 Å². The number of pyridine rings is 2. The summed E-state index contributed by atoms with van der Waals surface area (Å²) >= 11 is 0. The minimum atomic E-state index is -0.824. The van der Waals surface area contributed by atoms with Crippen molar-refractivity contribution in [2.75, 3.05) is 5.73 Å². The van der Waals surface area contributed by atoms with Crippen LogP contribution in [0.3, 0.4) is 0 Å². The molecule has 0 spiro atoms. The molecule has 0 aliphatic rings. The van der Waals surface area contributed by atoms with Crippen LogP contribution in [0.15, 0.2) is 36.7 Å². The molecule has 0 bridgehead atoms. The van der Waals surface area contributed by atoms with E-state index in [0.29, 0.717) is 17.1 Å². The normalized spacial score (nSPS) is 12.4. The standard InChI is InChI=1S/C12H13N3O/c1-8-5-7-15-12(13)10(8)11(16)9-4-2-3-6-14-9/h2-7,11,16H,1H3,(H2,13,15). The summed E-state index contributed by atoms with van der Waals surface area (Å²) in [5, 5.41) is 10.2. The number of aromatic nitrogens is 2. The third-order valence-corrected chi connectivity index (χ3v) is 2.48. The van der Waals surface area contributed by atoms with Gasteiger partial charge in [0.2, 0.25) is 0 Å². The van der Waals surface area contributed by atoms with Gasteiger partial charge in [0.25, 0.3) is 0 Å². The van der Waals surface area contributed by atoms with Gasteiger partial charge < -0.3 is 10.8 Å². The van der Waals surface area contributed by atoms with E-state index >= 15 is 0 Å². The van der Waals surface area contributed by atoms with E-state index in [4.69, 9.17) is 5.73 Å². The summed E-state index contributed by atoms with van der Waals surface area (Å²) in [4.78, 5) is 8.08. The van der Waals surface area contributed by atoms with Gasteiger partial charge in [-0.05, 0) is 30.7 Å². The number of aryl methyl sites for hydroxylation is 1. The van der Waals surface area contributed by atoms with Gasteiger partial charge >= 0.3 is 0 Å². The lowest BCUT2D eigenvalue weighted by molar-refractivity contribution is 0.215. The van der Waals surface area contributed by atoms with Crippen LogP contribution < -0.4 is 5.73 Å². The number of nitrogens with two attached hydrogens (primary N) is 1. The molecule has 0 aromatic carbocycles. The molecular weight excluding hydrogens is 202 g/mol. The maximum Gasteiger partial charge on any atom is 0.129 e. The van der Waals surface area contributed by atoms with Gasteiger partial charge in [-0.2, -0.15) is 0 Å². The summed E-state index contributed by atoms with van der Waals surface area (Å²) in [5.74, 6) is 0.346. The van der Waals surface area contributed by atoms with Gasteiger partial charge in [0, 0.05) is 18.0 Å². The molecule has 2 rings (SSSR count). The molecule has 2 aromatic heterocycles. The van der Waals surface area contributed by atoms with Gasteiger partial charge in [-0.1, -0.05) is 6.07 Å². The Labute approximate surface area is 93.8 Å². The minimum absolute atomic E-state index is 0.346. The highest BCUT2D eigenvalue weighted by molar-refractivity contribution is 5.47. The fourth-order valence-electron chi connectivity index (χ4n) is 1.63. The summed E-state index contributed by atoms with van der Waals surface area (Å²) < 4.78 is 0. The van der Waals surface area contributed by atoms with Crippen molar-refractivity contribution in [2.45, 2.75) is 13.0 Å². The molecule has 2 aromatic rings. The van der Waals surface area contributed by atoms with Gasteiger partial charge in [0.05, 0.1) is 5.69 Å². The average Bonchev–Trinajstić information content (AvgIpc) is 2.30. The van der Waals surface area contributed by atoms with Crippen molar-refractivity contribution in [3.8, 4) is 0 Å². The van der Waals surface area contributed by atoms with Crippen LogP contribution in [0.4, 0.5) is 5.82 Å². The Morgan fingerprint density at radius 1 is 1.19 bits per heavy atom. The lowest BCUT2D eigenvalue weighted by atomic mass is 10.0. The SMILES string of the molecule is Cc1ccnc(N)c1C(O)c1ccccn1. The first-order valence-electron chi connectivity index (χ1n) is 5.00. The van der Waals surface area contributed by atoms with Crippen molar-refractivity contribution < 1.29 is 5.11 Å². The van der Waals surface area contributed by atoms with Gasteiger partial charge in [-0.25, -0.2) is 4.98 Å². The molecular formula is C12H13N3O. The molecule has 82 valence electrons. The number of hydrogen-bond acceptors (Lipinski definition) is 4. The van der Waals surface area contributed by atoms with Gasteiger partial charge in [-0.15, -0.1) is 0 Å². The van der Waals surface area contributed by atoms with Crippen molar-refractivity contribution in [1.82, 2.24) is 9.97 Å². The molecule has 0 saturated heterocycles. The second-order valence-corrected chi connectivity index (χ2v) is 3.58. The fourth-order valence-corrected chi connectivity index (χ4v) is 1.63. The fraction of sp³-hybridized carbons (Fsp3) is 0.167. The van der Waals surface area contributed by atoms with Crippen LogP contribution in [0.5, 0.6) is 0 Å². The Morgan fingerprint density at radius 2 is 2.00 bits per heavy atom. The monoisotopic (exact) mass is 215 g/mol. The van der Waals surface area contributed by atoms with E-state index in [-0.39, 0.29) is 0 Å². The van der Waals surface area contributed by atoms with Crippen LogP contribution in [-0.2, 0) is 0 Å². The van der Waals surface area contributed by atoms with E-state index in [1.165, 1.54) is 0 Å². The Morgan fingerprint density at radius 3 is 2.62 bits per heavy atom. The van der Waals surface area contributed by atoms with Crippen molar-refractivity contribution >= 4 is 5.82 Å². The maximum atomic E-state index is 10.2. The van der Waals surface area contributed by atoms with Crippen LogP contribution in [0.2, 0.25) is 0 Å². The molecule has 0 saturated carbocycles. The van der Waals surface area contributed by atoms with Crippen LogP contribution in [0.25, 0.3) is 0 Å². The highest BCUT2D eigenvalue weighted by Crippen LogP contribution is 2.26. The number of hydrogen-bond donors (Lipinski definition) is 2. The highest BCUT2D eigenvalue weighted by Gasteiger charge is 2.17. The number of nitrogen functional groups attached to an aromatic ring is 1. The van der Waals surface area contributed by atoms with Gasteiger partial charge in [0.15, 0.2) is 0 Å².